The molecule has 1 saturated heterocycles. The standard InChI is InChI=1S/C32H42N2O12.4Na/c35-27(36)31(28(37)38,23-25-7-3-1-4-8-25)33-11-15-43-19-21-45-17-13-34(14-18-46-22-20-44-16-12-33)32(29(39)40,30(41)42)24-26-9-5-2-6-10-26;;;;/h1-10H,11-24H2,(H,35,36)(H,37,38)(H,39,40)(H,41,42);;;;. The number of carbonyl (C=O) groups is 4. The molecule has 1 heterocycles. The number of carboxylic acids is 4. The van der Waals surface area contributed by atoms with Crippen LogP contribution in [0, 0.1) is 0 Å². The van der Waals surface area contributed by atoms with Crippen LogP contribution in [0.25, 0.3) is 0 Å². The third-order valence-electron chi connectivity index (χ3n) is 7.87. The summed E-state index contributed by atoms with van der Waals surface area (Å²) >= 11 is 0. The van der Waals surface area contributed by atoms with Crippen LogP contribution in [0.3, 0.4) is 0 Å². The molecule has 0 unspecified atom stereocenters. The number of benzene rings is 2. The van der Waals surface area contributed by atoms with Gasteiger partial charge in [0.25, 0.3) is 0 Å². The molecule has 2 aromatic carbocycles. The number of aliphatic carboxylic acids is 4. The summed E-state index contributed by atoms with van der Waals surface area (Å²) in [5, 5.41) is 40.9. The summed E-state index contributed by atoms with van der Waals surface area (Å²) in [5.41, 5.74) is -3.45. The molecule has 0 aromatic heterocycles. The van der Waals surface area contributed by atoms with Gasteiger partial charge in [0.15, 0.2) is 0 Å². The van der Waals surface area contributed by atoms with E-state index in [0.29, 0.717) is 11.1 Å². The molecule has 0 spiro atoms. The Morgan fingerprint density at radius 1 is 0.460 bits per heavy atom. The van der Waals surface area contributed by atoms with Crippen LogP contribution in [0.4, 0.5) is 0 Å². The number of carboxylic acid groups (broad SMARTS) is 4. The Morgan fingerprint density at radius 2 is 0.700 bits per heavy atom. The van der Waals surface area contributed by atoms with E-state index >= 15 is 0 Å². The molecule has 3 rings (SSSR count). The molecule has 1 aliphatic rings. The van der Waals surface area contributed by atoms with Gasteiger partial charge in [0, 0.05) is 157 Å². The molecular formula is C32H42N2Na4O12. The second-order valence-corrected chi connectivity index (χ2v) is 10.7. The first kappa shape index (κ1) is 52.2. The van der Waals surface area contributed by atoms with E-state index in [4.69, 9.17) is 18.9 Å². The maximum absolute atomic E-state index is 12.6. The molecular weight excluding hydrogens is 696 g/mol. The van der Waals surface area contributed by atoms with Gasteiger partial charge in [0.05, 0.1) is 52.9 Å². The van der Waals surface area contributed by atoms with Gasteiger partial charge in [-0.25, -0.2) is 19.2 Å². The van der Waals surface area contributed by atoms with Gasteiger partial charge in [-0.2, -0.15) is 0 Å². The van der Waals surface area contributed by atoms with Gasteiger partial charge in [0.1, 0.15) is 0 Å². The summed E-state index contributed by atoms with van der Waals surface area (Å²) in [6.45, 7) is 0.161. The van der Waals surface area contributed by atoms with Gasteiger partial charge in [0.2, 0.25) is 11.1 Å². The molecule has 256 valence electrons. The topological polar surface area (TPSA) is 193 Å². The second-order valence-electron chi connectivity index (χ2n) is 10.7. The van der Waals surface area contributed by atoms with E-state index in [1.54, 1.807) is 60.7 Å². The smallest absolute Gasteiger partial charge is 0.336 e. The fourth-order valence-corrected chi connectivity index (χ4v) is 5.36. The number of hydrogen-bond donors (Lipinski definition) is 4. The zero-order chi connectivity index (χ0) is 33.4. The van der Waals surface area contributed by atoms with E-state index in [9.17, 15) is 39.6 Å². The van der Waals surface area contributed by atoms with Crippen molar-refractivity contribution in [3.63, 3.8) is 0 Å². The molecule has 1 aliphatic heterocycles. The van der Waals surface area contributed by atoms with Crippen LogP contribution in [0.2, 0.25) is 0 Å². The van der Waals surface area contributed by atoms with Crippen LogP contribution >= 0.6 is 0 Å². The molecule has 0 atom stereocenters. The van der Waals surface area contributed by atoms with Crippen LogP contribution < -0.4 is 0 Å². The first-order valence-electron chi connectivity index (χ1n) is 15.0. The van der Waals surface area contributed by atoms with Crippen molar-refractivity contribution in [3.05, 3.63) is 71.8 Å². The van der Waals surface area contributed by atoms with Crippen molar-refractivity contribution in [1.29, 1.82) is 0 Å². The quantitative estimate of drug-likeness (QED) is 0.179. The number of hydrogen-bond acceptors (Lipinski definition) is 10. The molecule has 2 aromatic rings. The maximum atomic E-state index is 12.6. The molecule has 18 heteroatoms. The van der Waals surface area contributed by atoms with E-state index in [-0.39, 0.29) is 210 Å². The molecule has 1 fully saturated rings. The molecule has 0 aliphatic carbocycles. The van der Waals surface area contributed by atoms with Crippen LogP contribution in [-0.4, -0.2) is 262 Å². The number of ether oxygens (including phenoxy) is 4. The summed E-state index contributed by atoms with van der Waals surface area (Å²) in [4.78, 5) is 52.9. The van der Waals surface area contributed by atoms with Crippen molar-refractivity contribution in [1.82, 2.24) is 9.80 Å². The third kappa shape index (κ3) is 15.1. The maximum Gasteiger partial charge on any atom is 0.336 e. The first-order chi connectivity index (χ1) is 22.1. The fourth-order valence-electron chi connectivity index (χ4n) is 5.36. The summed E-state index contributed by atoms with van der Waals surface area (Å²) in [5.74, 6) is -6.02. The van der Waals surface area contributed by atoms with Gasteiger partial charge in [-0.05, 0) is 11.1 Å². The number of rotatable bonds is 10. The monoisotopic (exact) mass is 738 g/mol. The van der Waals surface area contributed by atoms with Crippen LogP contribution in [0.5, 0.6) is 0 Å². The molecule has 4 radical (unpaired) electrons. The van der Waals surface area contributed by atoms with Crippen molar-refractivity contribution in [2.45, 2.75) is 23.9 Å². The average Bonchev–Trinajstić information content (AvgIpc) is 3.03. The summed E-state index contributed by atoms with van der Waals surface area (Å²) in [7, 11) is 0. The van der Waals surface area contributed by atoms with Gasteiger partial charge in [-0.3, -0.25) is 9.80 Å². The predicted molar refractivity (Wildman–Crippen MR) is 186 cm³/mol. The van der Waals surface area contributed by atoms with E-state index in [2.05, 4.69) is 0 Å². The zero-order valence-corrected chi connectivity index (χ0v) is 37.6. The number of nitrogens with zero attached hydrogens (tertiary/aromatic N) is 2. The molecule has 0 amide bonds. The summed E-state index contributed by atoms with van der Waals surface area (Å²) in [6.07, 6.45) is -0.556. The van der Waals surface area contributed by atoms with Crippen LogP contribution in [-0.2, 0) is 51.0 Å². The first-order valence-corrected chi connectivity index (χ1v) is 15.0. The van der Waals surface area contributed by atoms with E-state index in [1.165, 1.54) is 9.80 Å². The fraction of sp³-hybridized carbons (Fsp3) is 0.500. The van der Waals surface area contributed by atoms with Crippen molar-refractivity contribution in [2.24, 2.45) is 0 Å². The minimum Gasteiger partial charge on any atom is -0.479 e. The minimum atomic E-state index is -2.27. The molecule has 50 heavy (non-hydrogen) atoms. The minimum absolute atomic E-state index is 0. The predicted octanol–water partition coefficient (Wildman–Crippen LogP) is -0.551. The Balaban J connectivity index is 0. The SMILES string of the molecule is O=C(O)C(Cc1ccccc1)(C(=O)O)N1CCOCCOCCN(C(Cc2ccccc2)(C(=O)O)C(=O)O)CCOCCOCC1.[Na].[Na].[Na].[Na]. The normalized spacial score (nSPS) is 16.3. The van der Waals surface area contributed by atoms with Crippen molar-refractivity contribution in [3.8, 4) is 0 Å². The van der Waals surface area contributed by atoms with Crippen LogP contribution in [0.1, 0.15) is 11.1 Å². The van der Waals surface area contributed by atoms with Crippen molar-refractivity contribution >= 4 is 142 Å². The van der Waals surface area contributed by atoms with E-state index < -0.39 is 35.0 Å². The van der Waals surface area contributed by atoms with Gasteiger partial charge in [-0.1, -0.05) is 60.7 Å². The Bertz CT molecular complexity index is 1130. The molecule has 4 N–H and O–H groups in total. The largest absolute Gasteiger partial charge is 0.479 e. The molecule has 0 saturated carbocycles. The van der Waals surface area contributed by atoms with E-state index in [0.717, 1.165) is 0 Å². The summed E-state index contributed by atoms with van der Waals surface area (Å²) < 4.78 is 22.6. The zero-order valence-electron chi connectivity index (χ0n) is 29.6. The Labute approximate surface area is 380 Å². The Hall–Kier alpha value is 0.0800. The Morgan fingerprint density at radius 3 is 0.920 bits per heavy atom. The average molecular weight is 739 g/mol. The summed E-state index contributed by atoms with van der Waals surface area (Å²) in [6, 6.07) is 17.0. The van der Waals surface area contributed by atoms with Crippen molar-refractivity contribution < 1.29 is 58.6 Å². The van der Waals surface area contributed by atoms with Gasteiger partial charge in [-0.15, -0.1) is 0 Å². The molecule has 14 nitrogen and oxygen atoms in total. The van der Waals surface area contributed by atoms with E-state index in [1.807, 2.05) is 0 Å². The van der Waals surface area contributed by atoms with Gasteiger partial charge < -0.3 is 39.4 Å². The van der Waals surface area contributed by atoms with Crippen molar-refractivity contribution in [2.75, 3.05) is 79.0 Å². The second kappa shape index (κ2) is 27.6. The van der Waals surface area contributed by atoms with Crippen LogP contribution in [0.15, 0.2) is 60.7 Å². The third-order valence-corrected chi connectivity index (χ3v) is 7.87. The van der Waals surface area contributed by atoms with Gasteiger partial charge >= 0.3 is 23.9 Å². The Kier molecular flexibility index (Phi) is 28.8. The molecule has 0 bridgehead atoms.